The molecule has 0 aliphatic rings. The topological polar surface area (TPSA) is 38.4 Å². The van der Waals surface area contributed by atoms with E-state index in [-0.39, 0.29) is 0 Å². The van der Waals surface area contributed by atoms with Crippen LogP contribution in [0.3, 0.4) is 0 Å². The Balaban J connectivity index is 2.55. The van der Waals surface area contributed by atoms with Gasteiger partial charge in [0, 0.05) is 0 Å². The predicted octanol–water partition coefficient (Wildman–Crippen LogP) is -1.75. The third-order valence-electron chi connectivity index (χ3n) is 0.149. The van der Waals surface area contributed by atoms with E-state index < -0.39 is 0 Å². The Morgan fingerprint density at radius 1 is 2.00 bits per heavy atom. The van der Waals surface area contributed by atoms with Crippen LogP contribution in [-0.2, 0) is 0 Å². The molecule has 0 aromatic carbocycles. The quantitative estimate of drug-likeness (QED) is 0.207. The maximum absolute atomic E-state index is 4.77. The molecule has 2 N–H and O–H groups in total. The minimum Gasteiger partial charge on any atom is -0.391 e. The molecule has 0 spiro atoms. The molecule has 0 aromatic heterocycles. The van der Waals surface area contributed by atoms with E-state index in [2.05, 4.69) is 4.66 Å². The third kappa shape index (κ3) is 1.69. The Morgan fingerprint density at radius 2 is 2.25 bits per heavy atom. The van der Waals surface area contributed by atoms with Gasteiger partial charge in [0.2, 0.25) is 0 Å². The highest BCUT2D eigenvalue weighted by Crippen LogP contribution is 1.25. The van der Waals surface area contributed by atoms with Gasteiger partial charge in [0.25, 0.3) is 0 Å². The van der Waals surface area contributed by atoms with Crippen molar-refractivity contribution in [2.75, 3.05) is 0 Å². The van der Waals surface area contributed by atoms with Crippen LogP contribution in [0.15, 0.2) is 4.66 Å². The number of hydrogen-bond acceptors (Lipinski definition) is 1. The van der Waals surface area contributed by atoms with Crippen LogP contribution < -0.4 is 5.73 Å². The molecule has 0 unspecified atom stereocenters. The predicted molar refractivity (Wildman–Crippen MR) is 22.6 cm³/mol. The van der Waals surface area contributed by atoms with Crippen LogP contribution in [0, 0.1) is 0 Å². The normalized spacial score (nSPS) is 10.0. The van der Waals surface area contributed by atoms with Crippen LogP contribution in [0.25, 0.3) is 0 Å². The van der Waals surface area contributed by atoms with E-state index in [0.717, 1.165) is 10.4 Å². The largest absolute Gasteiger partial charge is 0.391 e. The Labute approximate surface area is 28.2 Å². The minimum absolute atomic E-state index is 0.834. The van der Waals surface area contributed by atoms with Crippen molar-refractivity contribution in [1.29, 1.82) is 0 Å². The summed E-state index contributed by atoms with van der Waals surface area (Å²) >= 11 is 0. The first-order valence-corrected chi connectivity index (χ1v) is 1.93. The molecule has 0 amide bonds. The zero-order valence-electron chi connectivity index (χ0n) is 2.60. The van der Waals surface area contributed by atoms with Gasteiger partial charge in [-0.05, 0) is 0 Å². The van der Waals surface area contributed by atoms with Gasteiger partial charge >= 0.3 is 0 Å². The molecule has 24 valence electrons. The molecule has 2 nitrogen and oxygen atoms in total. The fraction of sp³-hybridized carbons (Fsp3) is 0. The summed E-state index contributed by atoms with van der Waals surface area (Å²) in [7, 11) is 0.834. The van der Waals surface area contributed by atoms with Crippen molar-refractivity contribution in [1.82, 2.24) is 0 Å². The highest BCUT2D eigenvalue weighted by molar-refractivity contribution is 6.08. The van der Waals surface area contributed by atoms with Crippen LogP contribution in [0.4, 0.5) is 0 Å². The van der Waals surface area contributed by atoms with Crippen molar-refractivity contribution < 1.29 is 0 Å². The maximum Gasteiger partial charge on any atom is 0.136 e. The first-order valence-electron chi connectivity index (χ1n) is 1.04. The monoisotopic (exact) mass is 74.0 g/mol. The van der Waals surface area contributed by atoms with E-state index in [9.17, 15) is 0 Å². The lowest BCUT2D eigenvalue weighted by atomic mass is 11.4. The maximum atomic E-state index is 4.77. The summed E-state index contributed by atoms with van der Waals surface area (Å²) in [6, 6.07) is 0. The van der Waals surface area contributed by atoms with Gasteiger partial charge in [0.1, 0.15) is 10.4 Å². The molecule has 0 saturated carbocycles. The van der Waals surface area contributed by atoms with Crippen molar-refractivity contribution in [3.63, 3.8) is 0 Å². The molecule has 0 rings (SSSR count). The minimum atomic E-state index is 0.834. The van der Waals surface area contributed by atoms with Gasteiger partial charge in [-0.25, -0.2) is 0 Å². The zero-order valence-corrected chi connectivity index (χ0v) is 4.60. The van der Waals surface area contributed by atoms with Gasteiger partial charge in [0.15, 0.2) is 0 Å². The van der Waals surface area contributed by atoms with Crippen LogP contribution in [0.2, 0.25) is 0 Å². The van der Waals surface area contributed by atoms with Crippen LogP contribution in [0.5, 0.6) is 0 Å². The summed E-state index contributed by atoms with van der Waals surface area (Å²) < 4.78 is 3.53. The Bertz CT molecular complexity index is 21.2. The molecule has 0 fully saturated rings. The summed E-state index contributed by atoms with van der Waals surface area (Å²) in [5, 5.41) is 0. The highest BCUT2D eigenvalue weighted by atomic mass is 28.2. The van der Waals surface area contributed by atoms with Gasteiger partial charge in [-0.2, -0.15) is 0 Å². The Kier molecular flexibility index (Phi) is 2.48. The van der Waals surface area contributed by atoms with Crippen molar-refractivity contribution in [3.05, 3.63) is 0 Å². The molecule has 0 aromatic rings. The Hall–Kier alpha value is -0.313. The van der Waals surface area contributed by atoms with Gasteiger partial charge in [-0.15, -0.1) is 0 Å². The Morgan fingerprint density at radius 3 is 2.25 bits per heavy atom. The molecule has 0 atom stereocenters. The van der Waals surface area contributed by atoms with Crippen LogP contribution in [0.1, 0.15) is 0 Å². The lowest BCUT2D eigenvalue weighted by molar-refractivity contribution is 1.77. The second-order valence-electron chi connectivity index (χ2n) is 0.407. The molecule has 4 heavy (non-hydrogen) atoms. The standard InChI is InChI=1S/CH6N2Si/c2-1-3-4/h1H,4H3,(H2,2,3). The molecule has 0 saturated heterocycles. The van der Waals surface area contributed by atoms with Crippen molar-refractivity contribution in [2.45, 2.75) is 0 Å². The molecule has 3 heteroatoms. The molecule has 0 radical (unpaired) electrons. The number of nitrogens with two attached hydrogens (primary N) is 1. The molecular weight excluding hydrogens is 68.1 g/mol. The number of nitrogens with zero attached hydrogens (tertiary/aromatic N) is 1. The number of rotatable bonds is 0. The molecular formula is CH6N2Si. The van der Waals surface area contributed by atoms with E-state index in [4.69, 9.17) is 5.73 Å². The molecule has 0 heterocycles. The van der Waals surface area contributed by atoms with E-state index in [1.54, 1.807) is 0 Å². The fourth-order valence-corrected chi connectivity index (χ4v) is 0. The van der Waals surface area contributed by atoms with Crippen molar-refractivity contribution in [3.8, 4) is 0 Å². The van der Waals surface area contributed by atoms with Gasteiger partial charge in [-0.1, -0.05) is 0 Å². The molecule has 0 aliphatic carbocycles. The smallest absolute Gasteiger partial charge is 0.136 e. The number of hydrogen-bond donors (Lipinski definition) is 1. The van der Waals surface area contributed by atoms with E-state index in [1.807, 2.05) is 0 Å². The average Bonchev–Trinajstić information content (AvgIpc) is 1.37. The van der Waals surface area contributed by atoms with Crippen molar-refractivity contribution in [2.24, 2.45) is 10.4 Å². The summed E-state index contributed by atoms with van der Waals surface area (Å²) in [6.07, 6.45) is 1.31. The third-order valence-corrected chi connectivity index (χ3v) is 0.447. The summed E-state index contributed by atoms with van der Waals surface area (Å²) in [6.45, 7) is 0. The van der Waals surface area contributed by atoms with Crippen molar-refractivity contribution >= 4 is 16.7 Å². The molecule has 0 bridgehead atoms. The van der Waals surface area contributed by atoms with Gasteiger partial charge in [0.05, 0.1) is 6.34 Å². The van der Waals surface area contributed by atoms with E-state index in [0.29, 0.717) is 0 Å². The van der Waals surface area contributed by atoms with Crippen LogP contribution >= 0.6 is 0 Å². The van der Waals surface area contributed by atoms with Crippen LogP contribution in [-0.4, -0.2) is 16.7 Å². The summed E-state index contributed by atoms with van der Waals surface area (Å²) in [4.78, 5) is 0. The van der Waals surface area contributed by atoms with Gasteiger partial charge < -0.3 is 10.4 Å². The lowest BCUT2D eigenvalue weighted by Gasteiger charge is -1.56. The summed E-state index contributed by atoms with van der Waals surface area (Å²) in [5.41, 5.74) is 4.77. The second-order valence-corrected chi connectivity index (χ2v) is 0.924. The van der Waals surface area contributed by atoms with E-state index in [1.165, 1.54) is 6.34 Å². The SMILES string of the molecule is NC=N[SiH3]. The first-order chi connectivity index (χ1) is 1.91. The highest BCUT2D eigenvalue weighted by Gasteiger charge is 1.31. The fourth-order valence-electron chi connectivity index (χ4n) is 0. The molecule has 0 aliphatic heterocycles. The second kappa shape index (κ2) is 2.69. The lowest BCUT2D eigenvalue weighted by Crippen LogP contribution is -1.85. The zero-order chi connectivity index (χ0) is 3.41. The summed E-state index contributed by atoms with van der Waals surface area (Å²) in [5.74, 6) is 0. The van der Waals surface area contributed by atoms with E-state index >= 15 is 0 Å². The average molecular weight is 74.2 g/mol. The first kappa shape index (κ1) is 3.69. The van der Waals surface area contributed by atoms with Gasteiger partial charge in [-0.3, -0.25) is 0 Å².